The third kappa shape index (κ3) is 5.62. The summed E-state index contributed by atoms with van der Waals surface area (Å²) in [4.78, 5) is 11.4. The normalized spacial score (nSPS) is 9.50. The Kier molecular flexibility index (Phi) is 7.88. The number of nitrogens with zero attached hydrogens (tertiary/aromatic N) is 1. The molecule has 0 unspecified atom stereocenters. The highest BCUT2D eigenvalue weighted by molar-refractivity contribution is 6.31. The van der Waals surface area contributed by atoms with E-state index in [1.807, 2.05) is 25.1 Å². The van der Waals surface area contributed by atoms with Crippen LogP contribution in [0.1, 0.15) is 5.69 Å². The van der Waals surface area contributed by atoms with Crippen LogP contribution in [0, 0.1) is 6.92 Å². The average molecular weight is 388 g/mol. The Hall–Kier alpha value is -1.92. The molecule has 0 aliphatic rings. The number of nitrogens with two attached hydrogens (primary N) is 1. The molecule has 128 valence electrons. The van der Waals surface area contributed by atoms with E-state index in [9.17, 15) is 4.79 Å². The number of aromatic nitrogens is 2. The van der Waals surface area contributed by atoms with Crippen LogP contribution in [0.15, 0.2) is 59.4 Å². The fourth-order valence-electron chi connectivity index (χ4n) is 1.90. The minimum absolute atomic E-state index is 0. The molecule has 0 spiro atoms. The molecule has 1 aromatic heterocycles. The van der Waals surface area contributed by atoms with E-state index >= 15 is 0 Å². The van der Waals surface area contributed by atoms with Crippen molar-refractivity contribution < 1.29 is 0 Å². The molecule has 1 heterocycles. The Morgan fingerprint density at radius 3 is 2.12 bits per heavy atom. The maximum atomic E-state index is 11.4. The molecule has 5 nitrogen and oxygen atoms in total. The zero-order chi connectivity index (χ0) is 16.8. The molecular formula is C16H17Cl3N4O. The van der Waals surface area contributed by atoms with Crippen molar-refractivity contribution in [3.63, 3.8) is 0 Å². The van der Waals surface area contributed by atoms with Crippen LogP contribution in [0.3, 0.4) is 0 Å². The van der Waals surface area contributed by atoms with Gasteiger partial charge in [0, 0.05) is 27.5 Å². The highest BCUT2D eigenvalue weighted by Crippen LogP contribution is 2.13. The average Bonchev–Trinajstić information content (AvgIpc) is 2.86. The van der Waals surface area contributed by atoms with E-state index in [1.165, 1.54) is 4.68 Å². The molecule has 0 saturated carbocycles. The number of benzene rings is 2. The van der Waals surface area contributed by atoms with E-state index < -0.39 is 0 Å². The Balaban J connectivity index is 0.000000252. The lowest BCUT2D eigenvalue weighted by atomic mass is 10.3. The molecule has 0 atom stereocenters. The summed E-state index contributed by atoms with van der Waals surface area (Å²) in [5.74, 6) is 5.11. The van der Waals surface area contributed by atoms with Gasteiger partial charge in [0.1, 0.15) is 0 Å². The Bertz CT molecular complexity index is 845. The highest BCUT2D eigenvalue weighted by Gasteiger charge is 2.02. The smallest absolute Gasteiger partial charge is 0.271 e. The van der Waals surface area contributed by atoms with E-state index in [2.05, 4.69) is 10.5 Å². The molecular weight excluding hydrogens is 371 g/mol. The Morgan fingerprint density at radius 1 is 1.04 bits per heavy atom. The number of hydrogen-bond donors (Lipinski definition) is 3. The predicted octanol–water partition coefficient (Wildman–Crippen LogP) is 4.17. The number of aromatic amines is 1. The van der Waals surface area contributed by atoms with Gasteiger partial charge in [0.05, 0.1) is 5.69 Å². The minimum Gasteiger partial charge on any atom is -0.324 e. The summed E-state index contributed by atoms with van der Waals surface area (Å²) in [6.07, 6.45) is 0. The molecule has 0 aliphatic heterocycles. The predicted molar refractivity (Wildman–Crippen MR) is 103 cm³/mol. The topological polar surface area (TPSA) is 75.8 Å². The van der Waals surface area contributed by atoms with Crippen molar-refractivity contribution in [2.75, 3.05) is 5.43 Å². The lowest BCUT2D eigenvalue weighted by molar-refractivity contribution is 0.835. The minimum atomic E-state index is -0.0789. The van der Waals surface area contributed by atoms with E-state index in [-0.39, 0.29) is 18.0 Å². The molecule has 0 bridgehead atoms. The number of hydrazine groups is 1. The molecule has 24 heavy (non-hydrogen) atoms. The van der Waals surface area contributed by atoms with Crippen molar-refractivity contribution in [1.82, 2.24) is 9.78 Å². The molecule has 0 amide bonds. The van der Waals surface area contributed by atoms with Crippen molar-refractivity contribution in [3.05, 3.63) is 80.7 Å². The van der Waals surface area contributed by atoms with Gasteiger partial charge in [0.2, 0.25) is 0 Å². The summed E-state index contributed by atoms with van der Waals surface area (Å²) in [5, 5.41) is 4.23. The van der Waals surface area contributed by atoms with Crippen molar-refractivity contribution in [2.45, 2.75) is 6.92 Å². The lowest BCUT2D eigenvalue weighted by Crippen LogP contribution is -2.13. The zero-order valence-electron chi connectivity index (χ0n) is 12.8. The van der Waals surface area contributed by atoms with Crippen LogP contribution in [0.5, 0.6) is 0 Å². The first kappa shape index (κ1) is 20.1. The third-order valence-electron chi connectivity index (χ3n) is 2.91. The number of nitrogens with one attached hydrogen (secondary N) is 2. The number of rotatable bonds is 2. The second-order valence-electron chi connectivity index (χ2n) is 4.75. The van der Waals surface area contributed by atoms with E-state index in [1.54, 1.807) is 36.4 Å². The maximum absolute atomic E-state index is 11.4. The maximum Gasteiger partial charge on any atom is 0.271 e. The second kappa shape index (κ2) is 9.39. The van der Waals surface area contributed by atoms with Crippen LogP contribution in [-0.4, -0.2) is 9.78 Å². The number of nitrogen functional groups attached to an aromatic ring is 1. The molecule has 0 radical (unpaired) electrons. The first-order valence-corrected chi connectivity index (χ1v) is 7.52. The quantitative estimate of drug-likeness (QED) is 0.456. The standard InChI is InChI=1S/C10H9ClN2O.C6H7ClN2.ClH/c1-7-5-10(14)13(12-7)9-4-2-3-8(11)6-9;7-5-2-1-3-6(4-5)9-8;/h2-6,12H,1H3;1-4,9H,8H2;1H. The number of anilines is 1. The van der Waals surface area contributed by atoms with Gasteiger partial charge >= 0.3 is 0 Å². The van der Waals surface area contributed by atoms with Gasteiger partial charge in [-0.3, -0.25) is 15.7 Å². The van der Waals surface area contributed by atoms with Crippen LogP contribution in [0.2, 0.25) is 10.0 Å². The summed E-state index contributed by atoms with van der Waals surface area (Å²) in [6, 6.07) is 15.9. The number of halogens is 3. The van der Waals surface area contributed by atoms with Gasteiger partial charge in [0.25, 0.3) is 5.56 Å². The molecule has 2 aromatic carbocycles. The Labute approximate surface area is 155 Å². The monoisotopic (exact) mass is 386 g/mol. The summed E-state index contributed by atoms with van der Waals surface area (Å²) in [5.41, 5.74) is 4.80. The summed E-state index contributed by atoms with van der Waals surface area (Å²) in [6.45, 7) is 1.84. The third-order valence-corrected chi connectivity index (χ3v) is 3.38. The fraction of sp³-hybridized carbons (Fsp3) is 0.0625. The van der Waals surface area contributed by atoms with Crippen molar-refractivity contribution in [3.8, 4) is 5.69 Å². The lowest BCUT2D eigenvalue weighted by Gasteiger charge is -2.01. The second-order valence-corrected chi connectivity index (χ2v) is 5.62. The van der Waals surface area contributed by atoms with Crippen LogP contribution in [0.4, 0.5) is 5.69 Å². The van der Waals surface area contributed by atoms with Gasteiger partial charge < -0.3 is 5.43 Å². The molecule has 4 N–H and O–H groups in total. The van der Waals surface area contributed by atoms with Crippen molar-refractivity contribution >= 4 is 41.3 Å². The van der Waals surface area contributed by atoms with Gasteiger partial charge in [0.15, 0.2) is 0 Å². The molecule has 3 rings (SSSR count). The summed E-state index contributed by atoms with van der Waals surface area (Å²) < 4.78 is 1.46. The summed E-state index contributed by atoms with van der Waals surface area (Å²) in [7, 11) is 0. The highest BCUT2D eigenvalue weighted by atomic mass is 35.5. The molecule has 0 fully saturated rings. The van der Waals surface area contributed by atoms with Crippen LogP contribution in [0.25, 0.3) is 5.69 Å². The van der Waals surface area contributed by atoms with Gasteiger partial charge in [-0.25, -0.2) is 4.68 Å². The largest absolute Gasteiger partial charge is 0.324 e. The zero-order valence-corrected chi connectivity index (χ0v) is 15.1. The first-order chi connectivity index (χ1) is 11.0. The molecule has 0 saturated heterocycles. The van der Waals surface area contributed by atoms with Gasteiger partial charge in [-0.15, -0.1) is 12.4 Å². The van der Waals surface area contributed by atoms with Crippen molar-refractivity contribution in [1.29, 1.82) is 0 Å². The first-order valence-electron chi connectivity index (χ1n) is 6.76. The van der Waals surface area contributed by atoms with E-state index in [0.29, 0.717) is 10.0 Å². The van der Waals surface area contributed by atoms with Gasteiger partial charge in [-0.1, -0.05) is 35.3 Å². The fourth-order valence-corrected chi connectivity index (χ4v) is 2.27. The van der Waals surface area contributed by atoms with E-state index in [4.69, 9.17) is 29.0 Å². The molecule has 8 heteroatoms. The molecule has 0 aliphatic carbocycles. The van der Waals surface area contributed by atoms with Gasteiger partial charge in [-0.05, 0) is 43.3 Å². The van der Waals surface area contributed by atoms with E-state index in [0.717, 1.165) is 17.1 Å². The Morgan fingerprint density at radius 2 is 1.67 bits per heavy atom. The molecule has 3 aromatic rings. The summed E-state index contributed by atoms with van der Waals surface area (Å²) >= 11 is 11.5. The number of aryl methyl sites for hydroxylation is 1. The van der Waals surface area contributed by atoms with Gasteiger partial charge in [-0.2, -0.15) is 0 Å². The van der Waals surface area contributed by atoms with Crippen LogP contribution >= 0.6 is 35.6 Å². The number of H-pyrrole nitrogens is 1. The number of hydrogen-bond acceptors (Lipinski definition) is 3. The van der Waals surface area contributed by atoms with Crippen molar-refractivity contribution in [2.24, 2.45) is 5.84 Å². The SMILES string of the molecule is Cc1cc(=O)n(-c2cccc(Cl)c2)[nH]1.Cl.NNc1cccc(Cl)c1. The van der Waals surface area contributed by atoms with Crippen LogP contribution < -0.4 is 16.8 Å². The van der Waals surface area contributed by atoms with Crippen LogP contribution in [-0.2, 0) is 0 Å².